The lowest BCUT2D eigenvalue weighted by Crippen LogP contribution is -2.32. The van der Waals surface area contributed by atoms with Gasteiger partial charge in [0.25, 0.3) is 0 Å². The molecule has 1 aromatic carbocycles. The van der Waals surface area contributed by atoms with Gasteiger partial charge >= 0.3 is 6.09 Å². The molecule has 0 spiro atoms. The SMILES string of the molecule is CC(C)(C)OC(=O)NCC#Cc1cccc(C(N)=S)c1. The molecular weight excluding hydrogens is 272 g/mol. The highest BCUT2D eigenvalue weighted by molar-refractivity contribution is 7.80. The highest BCUT2D eigenvalue weighted by Crippen LogP contribution is 2.06. The van der Waals surface area contributed by atoms with Crippen molar-refractivity contribution in [2.45, 2.75) is 26.4 Å². The molecule has 0 aliphatic rings. The van der Waals surface area contributed by atoms with E-state index < -0.39 is 11.7 Å². The average Bonchev–Trinajstić information content (AvgIpc) is 2.33. The second kappa shape index (κ2) is 6.92. The second-order valence-corrected chi connectivity index (χ2v) is 5.54. The largest absolute Gasteiger partial charge is 0.444 e. The van der Waals surface area contributed by atoms with Crippen molar-refractivity contribution < 1.29 is 9.53 Å². The molecule has 106 valence electrons. The topological polar surface area (TPSA) is 64.3 Å². The number of carbonyl (C=O) groups is 1. The number of nitrogens with one attached hydrogen (secondary N) is 1. The molecule has 1 rings (SSSR count). The van der Waals surface area contributed by atoms with Gasteiger partial charge < -0.3 is 15.8 Å². The average molecular weight is 290 g/mol. The van der Waals surface area contributed by atoms with E-state index in [9.17, 15) is 4.79 Å². The van der Waals surface area contributed by atoms with Gasteiger partial charge in [0, 0.05) is 11.1 Å². The van der Waals surface area contributed by atoms with E-state index in [4.69, 9.17) is 22.7 Å². The van der Waals surface area contributed by atoms with Crippen LogP contribution < -0.4 is 11.1 Å². The molecule has 3 N–H and O–H groups in total. The monoisotopic (exact) mass is 290 g/mol. The van der Waals surface area contributed by atoms with Crippen molar-refractivity contribution in [2.75, 3.05) is 6.54 Å². The number of nitrogens with two attached hydrogens (primary N) is 1. The van der Waals surface area contributed by atoms with E-state index in [1.165, 1.54) is 0 Å². The van der Waals surface area contributed by atoms with E-state index in [-0.39, 0.29) is 6.54 Å². The lowest BCUT2D eigenvalue weighted by atomic mass is 10.1. The van der Waals surface area contributed by atoms with Gasteiger partial charge in [0.1, 0.15) is 10.6 Å². The molecule has 0 bridgehead atoms. The number of rotatable bonds is 2. The predicted octanol–water partition coefficient (Wildman–Crippen LogP) is 2.20. The van der Waals surface area contributed by atoms with Crippen molar-refractivity contribution in [2.24, 2.45) is 5.73 Å². The van der Waals surface area contributed by atoms with Crippen molar-refractivity contribution in [1.82, 2.24) is 5.32 Å². The highest BCUT2D eigenvalue weighted by atomic mass is 32.1. The Labute approximate surface area is 124 Å². The van der Waals surface area contributed by atoms with Gasteiger partial charge in [-0.15, -0.1) is 0 Å². The lowest BCUT2D eigenvalue weighted by molar-refractivity contribution is 0.0535. The highest BCUT2D eigenvalue weighted by Gasteiger charge is 2.14. The van der Waals surface area contributed by atoms with Crippen LogP contribution in [-0.4, -0.2) is 23.2 Å². The molecule has 0 unspecified atom stereocenters. The van der Waals surface area contributed by atoms with Crippen molar-refractivity contribution in [3.63, 3.8) is 0 Å². The number of carbonyl (C=O) groups excluding carboxylic acids is 1. The summed E-state index contributed by atoms with van der Waals surface area (Å²) in [6, 6.07) is 7.32. The molecule has 0 aliphatic heterocycles. The molecule has 0 atom stereocenters. The molecule has 1 amide bonds. The summed E-state index contributed by atoms with van der Waals surface area (Å²) in [7, 11) is 0. The Morgan fingerprint density at radius 1 is 1.45 bits per heavy atom. The Bertz CT molecular complexity index is 565. The maximum absolute atomic E-state index is 11.4. The van der Waals surface area contributed by atoms with Crippen molar-refractivity contribution in [1.29, 1.82) is 0 Å². The van der Waals surface area contributed by atoms with Gasteiger partial charge in [0.15, 0.2) is 0 Å². The number of benzene rings is 1. The van der Waals surface area contributed by atoms with Crippen LogP contribution in [0.15, 0.2) is 24.3 Å². The Morgan fingerprint density at radius 2 is 2.15 bits per heavy atom. The Kier molecular flexibility index (Phi) is 5.53. The summed E-state index contributed by atoms with van der Waals surface area (Å²) in [6.45, 7) is 5.63. The minimum Gasteiger partial charge on any atom is -0.444 e. The van der Waals surface area contributed by atoms with Crippen LogP contribution in [0.25, 0.3) is 0 Å². The number of alkyl carbamates (subject to hydrolysis) is 1. The first-order valence-electron chi connectivity index (χ1n) is 6.13. The van der Waals surface area contributed by atoms with Crippen LogP contribution in [0.3, 0.4) is 0 Å². The molecule has 0 aromatic heterocycles. The van der Waals surface area contributed by atoms with E-state index >= 15 is 0 Å². The van der Waals surface area contributed by atoms with Crippen LogP contribution in [0.5, 0.6) is 0 Å². The third kappa shape index (κ3) is 6.21. The van der Waals surface area contributed by atoms with Crippen LogP contribution in [0, 0.1) is 11.8 Å². The Morgan fingerprint density at radius 3 is 2.75 bits per heavy atom. The van der Waals surface area contributed by atoms with Gasteiger partial charge in [0.2, 0.25) is 0 Å². The molecule has 0 heterocycles. The summed E-state index contributed by atoms with van der Waals surface area (Å²) < 4.78 is 5.09. The van der Waals surface area contributed by atoms with Gasteiger partial charge in [0.05, 0.1) is 6.54 Å². The van der Waals surface area contributed by atoms with Gasteiger partial charge in [-0.1, -0.05) is 36.2 Å². The summed E-state index contributed by atoms with van der Waals surface area (Å²) in [5.41, 5.74) is 6.60. The van der Waals surface area contributed by atoms with E-state index in [0.29, 0.717) is 4.99 Å². The Balaban J connectivity index is 2.53. The van der Waals surface area contributed by atoms with Crippen LogP contribution in [-0.2, 0) is 4.74 Å². The van der Waals surface area contributed by atoms with Gasteiger partial charge in [-0.05, 0) is 32.9 Å². The fourth-order valence-electron chi connectivity index (χ4n) is 1.33. The molecule has 0 aliphatic carbocycles. The standard InChI is InChI=1S/C15H18N2O2S/c1-15(2,3)19-14(18)17-9-5-7-11-6-4-8-12(10-11)13(16)20/h4,6,8,10H,9H2,1-3H3,(H2,16,20)(H,17,18). The predicted molar refractivity (Wildman–Crippen MR) is 83.4 cm³/mol. The minimum atomic E-state index is -0.511. The van der Waals surface area contributed by atoms with E-state index in [2.05, 4.69) is 17.2 Å². The van der Waals surface area contributed by atoms with Crippen molar-refractivity contribution in [3.05, 3.63) is 35.4 Å². The van der Waals surface area contributed by atoms with Crippen LogP contribution in [0.1, 0.15) is 31.9 Å². The normalized spacial score (nSPS) is 10.2. The molecule has 20 heavy (non-hydrogen) atoms. The van der Waals surface area contributed by atoms with E-state index in [1.54, 1.807) is 20.8 Å². The molecule has 5 heteroatoms. The van der Waals surface area contributed by atoms with E-state index in [1.807, 2.05) is 24.3 Å². The molecular formula is C15H18N2O2S. The zero-order valence-electron chi connectivity index (χ0n) is 11.8. The van der Waals surface area contributed by atoms with Gasteiger partial charge in [-0.3, -0.25) is 0 Å². The number of amides is 1. The van der Waals surface area contributed by atoms with Crippen molar-refractivity contribution >= 4 is 23.3 Å². The third-order valence-corrected chi connectivity index (χ3v) is 2.34. The number of ether oxygens (including phenoxy) is 1. The van der Waals surface area contributed by atoms with Crippen LogP contribution in [0.4, 0.5) is 4.79 Å². The van der Waals surface area contributed by atoms with Gasteiger partial charge in [-0.2, -0.15) is 0 Å². The minimum absolute atomic E-state index is 0.214. The first kappa shape index (κ1) is 16.0. The zero-order chi connectivity index (χ0) is 15.2. The molecule has 0 saturated heterocycles. The molecule has 0 radical (unpaired) electrons. The number of thiocarbonyl (C=S) groups is 1. The number of hydrogen-bond donors (Lipinski definition) is 2. The summed E-state index contributed by atoms with van der Waals surface area (Å²) in [4.78, 5) is 11.7. The molecule has 1 aromatic rings. The molecule has 4 nitrogen and oxygen atoms in total. The summed E-state index contributed by atoms with van der Waals surface area (Å²) in [6.07, 6.45) is -0.483. The first-order valence-corrected chi connectivity index (χ1v) is 6.54. The third-order valence-electron chi connectivity index (χ3n) is 2.10. The fourth-order valence-corrected chi connectivity index (χ4v) is 1.45. The quantitative estimate of drug-likeness (QED) is 0.647. The summed E-state index contributed by atoms with van der Waals surface area (Å²) >= 11 is 4.90. The van der Waals surface area contributed by atoms with Crippen LogP contribution >= 0.6 is 12.2 Å². The summed E-state index contributed by atoms with van der Waals surface area (Å²) in [5.74, 6) is 5.76. The Hall–Kier alpha value is -2.06. The summed E-state index contributed by atoms with van der Waals surface area (Å²) in [5, 5.41) is 2.56. The van der Waals surface area contributed by atoms with E-state index in [0.717, 1.165) is 11.1 Å². The molecule has 0 saturated carbocycles. The van der Waals surface area contributed by atoms with Gasteiger partial charge in [-0.25, -0.2) is 4.79 Å². The lowest BCUT2D eigenvalue weighted by Gasteiger charge is -2.18. The maximum atomic E-state index is 11.4. The van der Waals surface area contributed by atoms with Crippen molar-refractivity contribution in [3.8, 4) is 11.8 Å². The maximum Gasteiger partial charge on any atom is 0.408 e. The molecule has 0 fully saturated rings. The fraction of sp³-hybridized carbons (Fsp3) is 0.333. The first-order chi connectivity index (χ1) is 9.28. The smallest absolute Gasteiger partial charge is 0.408 e. The second-order valence-electron chi connectivity index (χ2n) is 5.10. The van der Waals surface area contributed by atoms with Crippen LogP contribution in [0.2, 0.25) is 0 Å². The number of hydrogen-bond acceptors (Lipinski definition) is 3. The zero-order valence-corrected chi connectivity index (χ0v) is 12.6.